The van der Waals surface area contributed by atoms with Crippen molar-refractivity contribution in [1.82, 2.24) is 10.2 Å². The largest absolute Gasteiger partial charge is 0.337 e. The molecule has 1 aliphatic rings. The maximum atomic E-state index is 12.1. The summed E-state index contributed by atoms with van der Waals surface area (Å²) in [5, 5.41) is 3.36. The van der Waals surface area contributed by atoms with Gasteiger partial charge in [0, 0.05) is 31.2 Å². The number of carbonyl (C=O) groups excluding carboxylic acids is 1. The van der Waals surface area contributed by atoms with Crippen LogP contribution >= 0.6 is 0 Å². The molecule has 1 amide bonds. The third-order valence-electron chi connectivity index (χ3n) is 3.23. The minimum atomic E-state index is -0.0854. The Balaban J connectivity index is 2.64. The average molecular weight is 213 g/mol. The molecular weight excluding hydrogens is 190 g/mol. The maximum absolute atomic E-state index is 12.1. The van der Waals surface area contributed by atoms with E-state index in [1.54, 1.807) is 0 Å². The summed E-state index contributed by atoms with van der Waals surface area (Å²) >= 11 is 0. The monoisotopic (exact) mass is 213 g/mol. The molecule has 88 valence electrons. The smallest absolute Gasteiger partial charge is 0.227 e. The number of hydrogen-bond acceptors (Lipinski definition) is 3. The molecule has 4 heteroatoms. The Morgan fingerprint density at radius 2 is 2.07 bits per heavy atom. The Bertz CT molecular complexity index is 230. The second-order valence-corrected chi connectivity index (χ2v) is 4.80. The van der Waals surface area contributed by atoms with Crippen molar-refractivity contribution in [1.29, 1.82) is 0 Å². The second-order valence-electron chi connectivity index (χ2n) is 4.80. The van der Waals surface area contributed by atoms with Gasteiger partial charge in [-0.25, -0.2) is 0 Å². The molecule has 0 radical (unpaired) electrons. The highest BCUT2D eigenvalue weighted by Crippen LogP contribution is 2.13. The van der Waals surface area contributed by atoms with Crippen molar-refractivity contribution in [3.8, 4) is 0 Å². The molecule has 1 fully saturated rings. The van der Waals surface area contributed by atoms with E-state index >= 15 is 0 Å². The van der Waals surface area contributed by atoms with E-state index in [0.717, 1.165) is 13.1 Å². The van der Waals surface area contributed by atoms with Crippen molar-refractivity contribution in [2.45, 2.75) is 45.8 Å². The number of nitrogens with two attached hydrogens (primary N) is 1. The molecule has 1 rings (SSSR count). The fourth-order valence-corrected chi connectivity index (χ4v) is 1.82. The zero-order valence-electron chi connectivity index (χ0n) is 10.2. The first kappa shape index (κ1) is 12.5. The lowest BCUT2D eigenvalue weighted by Crippen LogP contribution is -2.58. The number of hydrogen-bond donors (Lipinski definition) is 2. The minimum Gasteiger partial charge on any atom is -0.337 e. The minimum absolute atomic E-state index is 0.0742. The van der Waals surface area contributed by atoms with Crippen LogP contribution in [0.25, 0.3) is 0 Å². The van der Waals surface area contributed by atoms with E-state index in [-0.39, 0.29) is 23.9 Å². The Hall–Kier alpha value is -0.610. The van der Waals surface area contributed by atoms with Gasteiger partial charge in [0.15, 0.2) is 0 Å². The molecule has 4 nitrogen and oxygen atoms in total. The molecule has 15 heavy (non-hydrogen) atoms. The molecule has 0 saturated carbocycles. The van der Waals surface area contributed by atoms with Crippen LogP contribution in [0.2, 0.25) is 0 Å². The van der Waals surface area contributed by atoms with Gasteiger partial charge in [0.1, 0.15) is 0 Å². The lowest BCUT2D eigenvalue weighted by Gasteiger charge is -2.39. The molecule has 4 unspecified atom stereocenters. The maximum Gasteiger partial charge on any atom is 0.227 e. The Morgan fingerprint density at radius 3 is 2.60 bits per heavy atom. The van der Waals surface area contributed by atoms with Crippen LogP contribution < -0.4 is 11.1 Å². The topological polar surface area (TPSA) is 58.4 Å². The first-order valence-corrected chi connectivity index (χ1v) is 5.73. The number of piperazine rings is 1. The third-order valence-corrected chi connectivity index (χ3v) is 3.23. The highest BCUT2D eigenvalue weighted by atomic mass is 16.2. The van der Waals surface area contributed by atoms with E-state index in [4.69, 9.17) is 5.73 Å². The highest BCUT2D eigenvalue weighted by molar-refractivity contribution is 5.79. The zero-order valence-corrected chi connectivity index (χ0v) is 10.2. The van der Waals surface area contributed by atoms with Gasteiger partial charge in [-0.05, 0) is 20.8 Å². The second kappa shape index (κ2) is 4.94. The van der Waals surface area contributed by atoms with Gasteiger partial charge in [-0.15, -0.1) is 0 Å². The molecule has 0 aromatic rings. The molecule has 1 aliphatic heterocycles. The van der Waals surface area contributed by atoms with Gasteiger partial charge in [0.05, 0.1) is 5.92 Å². The summed E-state index contributed by atoms with van der Waals surface area (Å²) in [5.74, 6) is 0.101. The predicted molar refractivity (Wildman–Crippen MR) is 61.5 cm³/mol. The Morgan fingerprint density at radius 1 is 1.47 bits per heavy atom. The van der Waals surface area contributed by atoms with E-state index in [0.29, 0.717) is 6.04 Å². The number of carbonyl (C=O) groups is 1. The first-order chi connectivity index (χ1) is 6.93. The van der Waals surface area contributed by atoms with Gasteiger partial charge < -0.3 is 16.0 Å². The summed E-state index contributed by atoms with van der Waals surface area (Å²) in [4.78, 5) is 14.1. The fraction of sp³-hybridized carbons (Fsp3) is 0.909. The molecule has 0 spiro atoms. The van der Waals surface area contributed by atoms with Gasteiger partial charge in [-0.3, -0.25) is 4.79 Å². The summed E-state index contributed by atoms with van der Waals surface area (Å²) in [7, 11) is 0. The molecule has 4 atom stereocenters. The van der Waals surface area contributed by atoms with E-state index < -0.39 is 0 Å². The molecule has 0 aliphatic carbocycles. The number of nitrogens with one attached hydrogen (secondary N) is 1. The van der Waals surface area contributed by atoms with Crippen molar-refractivity contribution in [2.24, 2.45) is 11.7 Å². The van der Waals surface area contributed by atoms with E-state index in [9.17, 15) is 4.79 Å². The highest BCUT2D eigenvalue weighted by Gasteiger charge is 2.30. The molecule has 0 aromatic heterocycles. The predicted octanol–water partition coefficient (Wildman–Crippen LogP) is 0.179. The van der Waals surface area contributed by atoms with Crippen LogP contribution in [0.3, 0.4) is 0 Å². The zero-order chi connectivity index (χ0) is 11.6. The van der Waals surface area contributed by atoms with Crippen LogP contribution in [-0.2, 0) is 4.79 Å². The molecule has 1 saturated heterocycles. The van der Waals surface area contributed by atoms with Crippen LogP contribution in [0.5, 0.6) is 0 Å². The van der Waals surface area contributed by atoms with Gasteiger partial charge in [-0.2, -0.15) is 0 Å². The summed E-state index contributed by atoms with van der Waals surface area (Å²) in [6, 6.07) is 0.579. The van der Waals surface area contributed by atoms with Crippen molar-refractivity contribution in [3.63, 3.8) is 0 Å². The van der Waals surface area contributed by atoms with Crippen molar-refractivity contribution < 1.29 is 4.79 Å². The molecule has 1 heterocycles. The summed E-state index contributed by atoms with van der Waals surface area (Å²) in [6.07, 6.45) is 0. The van der Waals surface area contributed by atoms with Gasteiger partial charge in [0.25, 0.3) is 0 Å². The lowest BCUT2D eigenvalue weighted by atomic mass is 10.0. The molecule has 0 aromatic carbocycles. The van der Waals surface area contributed by atoms with Crippen molar-refractivity contribution in [3.05, 3.63) is 0 Å². The normalized spacial score (nSPS) is 31.1. The lowest BCUT2D eigenvalue weighted by molar-refractivity contribution is -0.139. The summed E-state index contributed by atoms with van der Waals surface area (Å²) in [6.45, 7) is 9.63. The van der Waals surface area contributed by atoms with Crippen LogP contribution in [0.1, 0.15) is 27.7 Å². The van der Waals surface area contributed by atoms with Gasteiger partial charge in [0.2, 0.25) is 5.91 Å². The quantitative estimate of drug-likeness (QED) is 0.688. The Kier molecular flexibility index (Phi) is 4.11. The number of amides is 1. The molecule has 0 bridgehead atoms. The van der Waals surface area contributed by atoms with Crippen LogP contribution in [0.4, 0.5) is 0 Å². The van der Waals surface area contributed by atoms with Crippen LogP contribution in [0, 0.1) is 5.92 Å². The molecule has 3 N–H and O–H groups in total. The number of rotatable bonds is 2. The average Bonchev–Trinajstić information content (AvgIpc) is 2.19. The van der Waals surface area contributed by atoms with Gasteiger partial charge in [-0.1, -0.05) is 6.92 Å². The van der Waals surface area contributed by atoms with Crippen LogP contribution in [0.15, 0.2) is 0 Å². The van der Waals surface area contributed by atoms with Crippen LogP contribution in [-0.4, -0.2) is 42.0 Å². The van der Waals surface area contributed by atoms with Crippen molar-refractivity contribution in [2.75, 3.05) is 13.1 Å². The standard InChI is InChI=1S/C11H23N3O/c1-7-6-14(8(2)5-13-7)11(15)9(3)10(4)12/h7-10,13H,5-6,12H2,1-4H3. The van der Waals surface area contributed by atoms with Crippen molar-refractivity contribution >= 4 is 5.91 Å². The third kappa shape index (κ3) is 2.92. The van der Waals surface area contributed by atoms with Gasteiger partial charge >= 0.3 is 0 Å². The van der Waals surface area contributed by atoms with E-state index in [1.165, 1.54) is 0 Å². The molecular formula is C11H23N3O. The van der Waals surface area contributed by atoms with E-state index in [2.05, 4.69) is 19.2 Å². The van der Waals surface area contributed by atoms with E-state index in [1.807, 2.05) is 18.7 Å². The number of nitrogens with zero attached hydrogens (tertiary/aromatic N) is 1. The first-order valence-electron chi connectivity index (χ1n) is 5.73. The summed E-state index contributed by atoms with van der Waals surface area (Å²) < 4.78 is 0. The fourth-order valence-electron chi connectivity index (χ4n) is 1.82. The SMILES string of the molecule is CC1CN(C(=O)C(C)C(C)N)C(C)CN1. The Labute approximate surface area is 92.2 Å². The summed E-state index contributed by atoms with van der Waals surface area (Å²) in [5.41, 5.74) is 5.76.